The molecule has 1 heterocycles. The second kappa shape index (κ2) is 4.18. The van der Waals surface area contributed by atoms with E-state index in [0.29, 0.717) is 17.7 Å². The summed E-state index contributed by atoms with van der Waals surface area (Å²) in [6.45, 7) is 0. The molecular weight excluding hydrogens is 228 g/mol. The largest absolute Gasteiger partial charge is 0.484 e. The number of benzene rings is 2. The molecule has 0 aromatic heterocycles. The molecule has 0 aliphatic carbocycles. The smallest absolute Gasteiger partial charge is 0.182 e. The number of ketones is 1. The van der Waals surface area contributed by atoms with Gasteiger partial charge in [-0.3, -0.25) is 9.90 Å². The molecule has 1 aliphatic heterocycles. The predicted octanol–water partition coefficient (Wildman–Crippen LogP) is 3.54. The van der Waals surface area contributed by atoms with Crippen LogP contribution in [0.3, 0.4) is 0 Å². The molecule has 0 saturated carbocycles. The van der Waals surface area contributed by atoms with Crippen molar-refractivity contribution in [3.63, 3.8) is 0 Å². The standard InChI is InChI=1S/C15H11O3/c16-11-6-7-12-13(17)9-14(18-15(12)8-11)10-4-2-1-3-5-10/h1-8,14H,9H2. The lowest BCUT2D eigenvalue weighted by molar-refractivity contribution is 0.0849. The quantitative estimate of drug-likeness (QED) is 0.764. The molecule has 3 rings (SSSR count). The van der Waals surface area contributed by atoms with Crippen molar-refractivity contribution in [2.75, 3.05) is 0 Å². The highest BCUT2D eigenvalue weighted by molar-refractivity contribution is 6.00. The van der Waals surface area contributed by atoms with Crippen molar-refractivity contribution in [3.05, 3.63) is 59.7 Å². The third-order valence-electron chi connectivity index (χ3n) is 3.06. The third kappa shape index (κ3) is 1.84. The molecule has 0 spiro atoms. The van der Waals surface area contributed by atoms with Crippen LogP contribution in [-0.4, -0.2) is 5.78 Å². The first-order valence-corrected chi connectivity index (χ1v) is 5.80. The van der Waals surface area contributed by atoms with E-state index in [1.165, 1.54) is 12.1 Å². The number of carbonyl (C=O) groups is 1. The van der Waals surface area contributed by atoms with Crippen LogP contribution >= 0.6 is 0 Å². The minimum absolute atomic E-state index is 0.0186. The first-order valence-electron chi connectivity index (χ1n) is 5.80. The van der Waals surface area contributed by atoms with E-state index in [2.05, 4.69) is 0 Å². The highest BCUT2D eigenvalue weighted by atomic mass is 16.5. The predicted molar refractivity (Wildman–Crippen MR) is 65.3 cm³/mol. The van der Waals surface area contributed by atoms with Crippen molar-refractivity contribution in [2.45, 2.75) is 12.5 Å². The van der Waals surface area contributed by atoms with Gasteiger partial charge in [0.25, 0.3) is 0 Å². The summed E-state index contributed by atoms with van der Waals surface area (Å²) in [6, 6.07) is 13.9. The van der Waals surface area contributed by atoms with Crippen molar-refractivity contribution < 1.29 is 14.6 Å². The summed E-state index contributed by atoms with van der Waals surface area (Å²) in [5, 5.41) is 11.3. The van der Waals surface area contributed by atoms with E-state index < -0.39 is 0 Å². The molecule has 3 heteroatoms. The molecule has 2 aromatic carbocycles. The Hall–Kier alpha value is -2.29. The number of rotatable bonds is 1. The lowest BCUT2D eigenvalue weighted by Gasteiger charge is -2.25. The number of Topliss-reactive ketones (excluding diaryl/α,β-unsaturated/α-hetero) is 1. The average molecular weight is 239 g/mol. The molecule has 0 N–H and O–H groups in total. The Morgan fingerprint density at radius 2 is 1.83 bits per heavy atom. The van der Waals surface area contributed by atoms with Gasteiger partial charge in [0.2, 0.25) is 0 Å². The van der Waals surface area contributed by atoms with Crippen molar-refractivity contribution in [3.8, 4) is 11.5 Å². The topological polar surface area (TPSA) is 46.2 Å². The van der Waals surface area contributed by atoms with Gasteiger partial charge in [-0.05, 0) is 17.7 Å². The van der Waals surface area contributed by atoms with Crippen LogP contribution < -0.4 is 4.74 Å². The van der Waals surface area contributed by atoms with Crippen LogP contribution in [0.25, 0.3) is 0 Å². The maximum Gasteiger partial charge on any atom is 0.182 e. The zero-order valence-corrected chi connectivity index (χ0v) is 9.63. The lowest BCUT2D eigenvalue weighted by atomic mass is 9.96. The van der Waals surface area contributed by atoms with Crippen LogP contribution in [0.15, 0.2) is 48.5 Å². The van der Waals surface area contributed by atoms with E-state index in [1.54, 1.807) is 6.07 Å². The second-order valence-electron chi connectivity index (χ2n) is 4.30. The van der Waals surface area contributed by atoms with E-state index in [-0.39, 0.29) is 17.6 Å². The molecule has 1 radical (unpaired) electrons. The number of carbonyl (C=O) groups excluding carboxylic acids is 1. The minimum Gasteiger partial charge on any atom is -0.484 e. The van der Waals surface area contributed by atoms with E-state index >= 15 is 0 Å². The third-order valence-corrected chi connectivity index (χ3v) is 3.06. The van der Waals surface area contributed by atoms with E-state index in [4.69, 9.17) is 4.74 Å². The average Bonchev–Trinajstić information content (AvgIpc) is 2.39. The Morgan fingerprint density at radius 3 is 2.61 bits per heavy atom. The molecule has 0 amide bonds. The first-order chi connectivity index (χ1) is 8.74. The Balaban J connectivity index is 1.98. The highest BCUT2D eigenvalue weighted by Gasteiger charge is 2.27. The summed E-state index contributed by atoms with van der Waals surface area (Å²) in [5.74, 6) is 0.271. The molecule has 2 aromatic rings. The number of hydrogen-bond acceptors (Lipinski definition) is 2. The minimum atomic E-state index is -0.298. The lowest BCUT2D eigenvalue weighted by Crippen LogP contribution is -2.20. The molecule has 0 saturated heterocycles. The molecular formula is C15H11O3. The van der Waals surface area contributed by atoms with Crippen LogP contribution in [0.4, 0.5) is 0 Å². The Kier molecular flexibility index (Phi) is 2.52. The summed E-state index contributed by atoms with van der Waals surface area (Å²) in [7, 11) is 0. The normalized spacial score (nSPS) is 18.0. The number of hydrogen-bond donors (Lipinski definition) is 0. The molecule has 89 valence electrons. The molecule has 1 unspecified atom stereocenters. The molecule has 3 nitrogen and oxygen atoms in total. The number of fused-ring (bicyclic) bond motifs is 1. The molecule has 0 bridgehead atoms. The molecule has 1 aliphatic rings. The van der Waals surface area contributed by atoms with Gasteiger partial charge in [0.05, 0.1) is 12.0 Å². The van der Waals surface area contributed by atoms with Gasteiger partial charge in [0.1, 0.15) is 11.9 Å². The zero-order chi connectivity index (χ0) is 12.5. The van der Waals surface area contributed by atoms with Gasteiger partial charge in [-0.15, -0.1) is 0 Å². The summed E-state index contributed by atoms with van der Waals surface area (Å²) in [4.78, 5) is 12.0. The SMILES string of the molecule is [O]c1ccc2c(c1)OC(c1ccccc1)CC2=O. The Bertz CT molecular complexity index is 590. The summed E-state index contributed by atoms with van der Waals surface area (Å²) in [5.41, 5.74) is 1.45. The van der Waals surface area contributed by atoms with Gasteiger partial charge >= 0.3 is 0 Å². The van der Waals surface area contributed by atoms with Crippen LogP contribution in [0.5, 0.6) is 11.5 Å². The fraction of sp³-hybridized carbons (Fsp3) is 0.133. The maximum atomic E-state index is 12.0. The molecule has 18 heavy (non-hydrogen) atoms. The Morgan fingerprint density at radius 1 is 1.06 bits per heavy atom. The van der Waals surface area contributed by atoms with Gasteiger partial charge in [-0.2, -0.15) is 0 Å². The zero-order valence-electron chi connectivity index (χ0n) is 9.63. The fourth-order valence-corrected chi connectivity index (χ4v) is 2.16. The Labute approximate surface area is 105 Å². The van der Waals surface area contributed by atoms with E-state index in [0.717, 1.165) is 5.56 Å². The van der Waals surface area contributed by atoms with Crippen molar-refractivity contribution in [2.24, 2.45) is 0 Å². The van der Waals surface area contributed by atoms with Gasteiger partial charge in [0, 0.05) is 6.07 Å². The summed E-state index contributed by atoms with van der Waals surface area (Å²) >= 11 is 0. The first kappa shape index (κ1) is 10.8. The monoisotopic (exact) mass is 239 g/mol. The summed E-state index contributed by atoms with van der Waals surface area (Å²) in [6.07, 6.45) is 0.0166. The van der Waals surface area contributed by atoms with E-state index in [9.17, 15) is 9.90 Å². The van der Waals surface area contributed by atoms with Crippen LogP contribution in [0.1, 0.15) is 28.4 Å². The summed E-state index contributed by atoms with van der Waals surface area (Å²) < 4.78 is 5.75. The van der Waals surface area contributed by atoms with E-state index in [1.807, 2.05) is 30.3 Å². The van der Waals surface area contributed by atoms with Crippen LogP contribution in [-0.2, 0) is 5.11 Å². The van der Waals surface area contributed by atoms with Crippen LogP contribution in [0.2, 0.25) is 0 Å². The molecule has 1 atom stereocenters. The van der Waals surface area contributed by atoms with Crippen molar-refractivity contribution in [1.82, 2.24) is 0 Å². The maximum absolute atomic E-state index is 12.0. The van der Waals surface area contributed by atoms with Crippen molar-refractivity contribution in [1.29, 1.82) is 0 Å². The van der Waals surface area contributed by atoms with Crippen molar-refractivity contribution >= 4 is 5.78 Å². The molecule has 0 fully saturated rings. The van der Waals surface area contributed by atoms with Gasteiger partial charge in [-0.1, -0.05) is 30.3 Å². The van der Waals surface area contributed by atoms with Gasteiger partial charge in [0.15, 0.2) is 11.5 Å². The number of ether oxygens (including phenoxy) is 1. The fourth-order valence-electron chi connectivity index (χ4n) is 2.16. The van der Waals surface area contributed by atoms with Crippen LogP contribution in [0, 0.1) is 0 Å². The van der Waals surface area contributed by atoms with Gasteiger partial charge in [-0.25, -0.2) is 0 Å². The second-order valence-corrected chi connectivity index (χ2v) is 4.30. The van der Waals surface area contributed by atoms with Gasteiger partial charge < -0.3 is 4.74 Å². The highest BCUT2D eigenvalue weighted by Crippen LogP contribution is 2.36.